The fourth-order valence-electron chi connectivity index (χ4n) is 3.56. The van der Waals surface area contributed by atoms with Crippen LogP contribution in [0, 0.1) is 20.8 Å². The minimum atomic E-state index is -0.368. The molecule has 0 spiro atoms. The topological polar surface area (TPSA) is 77.8 Å². The van der Waals surface area contributed by atoms with Crippen molar-refractivity contribution in [1.29, 1.82) is 0 Å². The Morgan fingerprint density at radius 1 is 1.00 bits per heavy atom. The molecule has 168 valence electrons. The van der Waals surface area contributed by atoms with E-state index in [2.05, 4.69) is 5.32 Å². The van der Waals surface area contributed by atoms with Crippen LogP contribution in [0.2, 0.25) is 0 Å². The summed E-state index contributed by atoms with van der Waals surface area (Å²) in [4.78, 5) is 25.9. The van der Waals surface area contributed by atoms with E-state index in [4.69, 9.17) is 13.9 Å². The van der Waals surface area contributed by atoms with Crippen LogP contribution < -0.4 is 20.2 Å². The van der Waals surface area contributed by atoms with Gasteiger partial charge in [-0.25, -0.2) is 0 Å². The van der Waals surface area contributed by atoms with E-state index in [-0.39, 0.29) is 29.5 Å². The van der Waals surface area contributed by atoms with Crippen LogP contribution in [0.4, 0.5) is 5.69 Å². The lowest BCUT2D eigenvalue weighted by molar-refractivity contribution is -0.118. The highest BCUT2D eigenvalue weighted by Gasteiger charge is 2.19. The molecule has 0 radical (unpaired) electrons. The van der Waals surface area contributed by atoms with E-state index in [0.29, 0.717) is 28.0 Å². The van der Waals surface area contributed by atoms with Gasteiger partial charge in [0, 0.05) is 11.3 Å². The van der Waals surface area contributed by atoms with Crippen LogP contribution in [0.15, 0.2) is 69.9 Å². The predicted molar refractivity (Wildman–Crippen MR) is 129 cm³/mol. The van der Waals surface area contributed by atoms with Gasteiger partial charge in [0.2, 0.25) is 11.2 Å². The van der Waals surface area contributed by atoms with Crippen LogP contribution in [-0.2, 0) is 4.79 Å². The number of methoxy groups -OCH3 is 1. The smallest absolute Gasteiger partial charge is 0.262 e. The third-order valence-electron chi connectivity index (χ3n) is 5.58. The van der Waals surface area contributed by atoms with Crippen molar-refractivity contribution >= 4 is 22.6 Å². The average Bonchev–Trinajstić information content (AvgIpc) is 2.81. The molecule has 3 aromatic carbocycles. The molecule has 1 aromatic heterocycles. The Hall–Kier alpha value is -4.06. The van der Waals surface area contributed by atoms with E-state index in [1.165, 1.54) is 0 Å². The maximum absolute atomic E-state index is 13.3. The van der Waals surface area contributed by atoms with Gasteiger partial charge in [0.1, 0.15) is 11.3 Å². The van der Waals surface area contributed by atoms with Gasteiger partial charge < -0.3 is 19.2 Å². The van der Waals surface area contributed by atoms with E-state index in [0.717, 1.165) is 16.7 Å². The zero-order valence-corrected chi connectivity index (χ0v) is 19.0. The van der Waals surface area contributed by atoms with Crippen LogP contribution in [0.25, 0.3) is 22.3 Å². The molecule has 0 bridgehead atoms. The molecule has 0 aliphatic carbocycles. The molecule has 0 fully saturated rings. The Labute approximate surface area is 191 Å². The monoisotopic (exact) mass is 443 g/mol. The second-order valence-electron chi connectivity index (χ2n) is 7.90. The number of carbonyl (C=O) groups excluding carboxylic acids is 1. The molecule has 1 heterocycles. The second-order valence-corrected chi connectivity index (χ2v) is 7.90. The fourth-order valence-corrected chi connectivity index (χ4v) is 3.56. The van der Waals surface area contributed by atoms with Gasteiger partial charge in [-0.1, -0.05) is 18.2 Å². The highest BCUT2D eigenvalue weighted by Crippen LogP contribution is 2.32. The van der Waals surface area contributed by atoms with Crippen LogP contribution in [0.3, 0.4) is 0 Å². The van der Waals surface area contributed by atoms with Crippen molar-refractivity contribution in [3.05, 3.63) is 87.6 Å². The summed E-state index contributed by atoms with van der Waals surface area (Å²) in [5.74, 6) is 0.564. The molecule has 1 amide bonds. The zero-order chi connectivity index (χ0) is 23.5. The van der Waals surface area contributed by atoms with E-state index >= 15 is 0 Å². The lowest BCUT2D eigenvalue weighted by Gasteiger charge is -2.13. The summed E-state index contributed by atoms with van der Waals surface area (Å²) in [7, 11) is 1.58. The van der Waals surface area contributed by atoms with E-state index in [9.17, 15) is 9.59 Å². The van der Waals surface area contributed by atoms with Crippen LogP contribution >= 0.6 is 0 Å². The number of nitrogens with one attached hydrogen (secondary N) is 1. The molecule has 1 N–H and O–H groups in total. The quantitative estimate of drug-likeness (QED) is 0.431. The first-order valence-corrected chi connectivity index (χ1v) is 10.6. The van der Waals surface area contributed by atoms with E-state index in [1.54, 1.807) is 43.5 Å². The van der Waals surface area contributed by atoms with Crippen LogP contribution in [-0.4, -0.2) is 19.6 Å². The third-order valence-corrected chi connectivity index (χ3v) is 5.58. The molecule has 6 heteroatoms. The summed E-state index contributed by atoms with van der Waals surface area (Å²) in [5.41, 5.74) is 4.49. The molecule has 0 atom stereocenters. The summed E-state index contributed by atoms with van der Waals surface area (Å²) in [6, 6.07) is 18.1. The third kappa shape index (κ3) is 4.60. The lowest BCUT2D eigenvalue weighted by atomic mass is 10.1. The number of hydrogen-bond donors (Lipinski definition) is 1. The Morgan fingerprint density at radius 2 is 1.76 bits per heavy atom. The number of aryl methyl sites for hydroxylation is 2. The first-order valence-electron chi connectivity index (χ1n) is 10.6. The Morgan fingerprint density at radius 3 is 2.48 bits per heavy atom. The van der Waals surface area contributed by atoms with Crippen molar-refractivity contribution in [2.45, 2.75) is 20.8 Å². The Balaban J connectivity index is 1.69. The summed E-state index contributed by atoms with van der Waals surface area (Å²) in [6.07, 6.45) is 0. The summed E-state index contributed by atoms with van der Waals surface area (Å²) >= 11 is 0. The van der Waals surface area contributed by atoms with E-state index in [1.807, 2.05) is 45.0 Å². The minimum absolute atomic E-state index is 0.00682. The molecule has 6 nitrogen and oxygen atoms in total. The average molecular weight is 443 g/mol. The van der Waals surface area contributed by atoms with Gasteiger partial charge in [-0.05, 0) is 79.9 Å². The predicted octanol–water partition coefficient (Wildman–Crippen LogP) is 5.41. The molecule has 0 saturated carbocycles. The van der Waals surface area contributed by atoms with Crippen molar-refractivity contribution in [2.75, 3.05) is 19.0 Å². The van der Waals surface area contributed by atoms with Gasteiger partial charge in [0.25, 0.3) is 5.91 Å². The summed E-state index contributed by atoms with van der Waals surface area (Å²) < 4.78 is 17.1. The van der Waals surface area contributed by atoms with Crippen molar-refractivity contribution < 1.29 is 18.7 Å². The first kappa shape index (κ1) is 22.1. The van der Waals surface area contributed by atoms with Crippen molar-refractivity contribution in [3.63, 3.8) is 0 Å². The first-order chi connectivity index (χ1) is 15.9. The molecular weight excluding hydrogens is 418 g/mol. The van der Waals surface area contributed by atoms with Crippen LogP contribution in [0.5, 0.6) is 11.5 Å². The van der Waals surface area contributed by atoms with E-state index < -0.39 is 0 Å². The maximum atomic E-state index is 13.3. The van der Waals surface area contributed by atoms with Crippen LogP contribution in [0.1, 0.15) is 16.7 Å². The number of anilines is 1. The number of carbonyl (C=O) groups is 1. The molecule has 4 rings (SSSR count). The van der Waals surface area contributed by atoms with Gasteiger partial charge >= 0.3 is 0 Å². The molecule has 33 heavy (non-hydrogen) atoms. The molecular formula is C27H25NO5. The standard InChI is InChI=1S/C27H25NO5/c1-16-8-13-21-23(14-16)33-26(19-9-11-20(31-4)12-10-19)27(25(21)30)32-15-24(29)28-22-7-5-6-17(2)18(22)3/h5-14H,15H2,1-4H3,(H,28,29). The second kappa shape index (κ2) is 9.20. The molecule has 0 aliphatic rings. The van der Waals surface area contributed by atoms with Gasteiger partial charge in [-0.2, -0.15) is 0 Å². The minimum Gasteiger partial charge on any atom is -0.497 e. The van der Waals surface area contributed by atoms with Crippen molar-refractivity contribution in [3.8, 4) is 22.8 Å². The summed E-state index contributed by atoms with van der Waals surface area (Å²) in [5, 5.41) is 3.24. The highest BCUT2D eigenvalue weighted by atomic mass is 16.5. The van der Waals surface area contributed by atoms with Crippen molar-refractivity contribution in [2.24, 2.45) is 0 Å². The lowest BCUT2D eigenvalue weighted by Crippen LogP contribution is -2.23. The zero-order valence-electron chi connectivity index (χ0n) is 19.0. The van der Waals surface area contributed by atoms with Gasteiger partial charge in [-0.15, -0.1) is 0 Å². The number of benzene rings is 3. The summed E-state index contributed by atoms with van der Waals surface area (Å²) in [6.45, 7) is 5.51. The number of amides is 1. The fraction of sp³-hybridized carbons (Fsp3) is 0.185. The van der Waals surface area contributed by atoms with Gasteiger partial charge in [0.15, 0.2) is 12.4 Å². The molecule has 0 saturated heterocycles. The number of ether oxygens (including phenoxy) is 2. The molecule has 0 unspecified atom stereocenters. The number of rotatable bonds is 6. The van der Waals surface area contributed by atoms with Gasteiger partial charge in [0.05, 0.1) is 12.5 Å². The molecule has 0 aliphatic heterocycles. The highest BCUT2D eigenvalue weighted by molar-refractivity contribution is 5.93. The van der Waals surface area contributed by atoms with Crippen molar-refractivity contribution in [1.82, 2.24) is 0 Å². The maximum Gasteiger partial charge on any atom is 0.262 e. The number of hydrogen-bond acceptors (Lipinski definition) is 5. The normalized spacial score (nSPS) is 10.8. The largest absolute Gasteiger partial charge is 0.497 e. The SMILES string of the molecule is COc1ccc(-c2oc3cc(C)ccc3c(=O)c2OCC(=O)Nc2cccc(C)c2C)cc1. The Kier molecular flexibility index (Phi) is 6.18. The number of fused-ring (bicyclic) bond motifs is 1. The molecule has 4 aromatic rings. The van der Waals surface area contributed by atoms with Gasteiger partial charge in [-0.3, -0.25) is 9.59 Å². The Bertz CT molecular complexity index is 1390.